The molecular formula is C7H14N2OS. The zero-order valence-electron chi connectivity index (χ0n) is 6.67. The third-order valence-corrected chi connectivity index (χ3v) is 2.22. The summed E-state index contributed by atoms with van der Waals surface area (Å²) in [4.78, 5) is 0. The quantitative estimate of drug-likeness (QED) is 0.589. The van der Waals surface area contributed by atoms with Gasteiger partial charge in [0, 0.05) is 19.1 Å². The van der Waals surface area contributed by atoms with Crippen LogP contribution in [0.1, 0.15) is 13.3 Å². The summed E-state index contributed by atoms with van der Waals surface area (Å²) >= 11 is 4.69. The lowest BCUT2D eigenvalue weighted by Crippen LogP contribution is -2.35. The van der Waals surface area contributed by atoms with Gasteiger partial charge in [-0.05, 0) is 25.6 Å². The summed E-state index contributed by atoms with van der Waals surface area (Å²) in [6, 6.07) is 0. The van der Waals surface area contributed by atoms with Crippen molar-refractivity contribution in [3.8, 4) is 0 Å². The molecule has 1 aliphatic heterocycles. The van der Waals surface area contributed by atoms with E-state index in [4.69, 9.17) is 22.7 Å². The van der Waals surface area contributed by atoms with Gasteiger partial charge in [-0.3, -0.25) is 0 Å². The van der Waals surface area contributed by atoms with Gasteiger partial charge in [0.2, 0.25) is 0 Å². The Kier molecular flexibility index (Phi) is 3.08. The lowest BCUT2D eigenvalue weighted by atomic mass is 10.0. The van der Waals surface area contributed by atoms with E-state index < -0.39 is 0 Å². The maximum absolute atomic E-state index is 5.37. The van der Waals surface area contributed by atoms with Crippen molar-refractivity contribution in [2.24, 2.45) is 11.7 Å². The van der Waals surface area contributed by atoms with Crippen LogP contribution in [0.2, 0.25) is 0 Å². The van der Waals surface area contributed by atoms with Gasteiger partial charge in [-0.15, -0.1) is 0 Å². The largest absolute Gasteiger partial charge is 0.378 e. The third kappa shape index (κ3) is 2.63. The monoisotopic (exact) mass is 174 g/mol. The molecule has 2 unspecified atom stereocenters. The molecule has 2 atom stereocenters. The van der Waals surface area contributed by atoms with Crippen molar-refractivity contribution < 1.29 is 4.74 Å². The van der Waals surface area contributed by atoms with Crippen molar-refractivity contribution in [2.45, 2.75) is 19.4 Å². The molecule has 4 heteroatoms. The molecule has 0 aromatic rings. The topological polar surface area (TPSA) is 47.3 Å². The van der Waals surface area contributed by atoms with Gasteiger partial charge in [0.25, 0.3) is 0 Å². The van der Waals surface area contributed by atoms with Crippen LogP contribution in [0, 0.1) is 5.92 Å². The summed E-state index contributed by atoms with van der Waals surface area (Å²) in [5.41, 5.74) is 5.30. The molecule has 0 bridgehead atoms. The van der Waals surface area contributed by atoms with Crippen LogP contribution in [-0.4, -0.2) is 24.4 Å². The minimum absolute atomic E-state index is 0.344. The first-order valence-corrected chi connectivity index (χ1v) is 4.26. The van der Waals surface area contributed by atoms with Gasteiger partial charge in [0.1, 0.15) is 0 Å². The molecule has 0 aromatic carbocycles. The highest BCUT2D eigenvalue weighted by molar-refractivity contribution is 7.80. The highest BCUT2D eigenvalue weighted by Crippen LogP contribution is 2.18. The van der Waals surface area contributed by atoms with Gasteiger partial charge in [-0.1, -0.05) is 0 Å². The van der Waals surface area contributed by atoms with E-state index in [0.29, 0.717) is 17.1 Å². The van der Waals surface area contributed by atoms with Crippen molar-refractivity contribution in [1.82, 2.24) is 5.32 Å². The molecule has 1 heterocycles. The van der Waals surface area contributed by atoms with Crippen molar-refractivity contribution in [2.75, 3.05) is 13.2 Å². The van der Waals surface area contributed by atoms with Gasteiger partial charge < -0.3 is 15.8 Å². The Morgan fingerprint density at radius 3 is 3.00 bits per heavy atom. The smallest absolute Gasteiger partial charge is 0.163 e. The maximum Gasteiger partial charge on any atom is 0.163 e. The number of ether oxygens (including phenoxy) is 1. The molecule has 0 spiro atoms. The van der Waals surface area contributed by atoms with E-state index in [9.17, 15) is 0 Å². The molecule has 0 aliphatic carbocycles. The fraction of sp³-hybridized carbons (Fsp3) is 0.857. The van der Waals surface area contributed by atoms with Crippen molar-refractivity contribution in [3.63, 3.8) is 0 Å². The number of nitrogens with two attached hydrogens (primary N) is 1. The lowest BCUT2D eigenvalue weighted by molar-refractivity contribution is 0.106. The number of rotatable bonds is 2. The van der Waals surface area contributed by atoms with E-state index in [-0.39, 0.29) is 0 Å². The normalized spacial score (nSPS) is 30.3. The van der Waals surface area contributed by atoms with E-state index in [1.807, 2.05) is 0 Å². The second-order valence-corrected chi connectivity index (χ2v) is 3.31. The average molecular weight is 174 g/mol. The van der Waals surface area contributed by atoms with Crippen LogP contribution >= 0.6 is 12.2 Å². The summed E-state index contributed by atoms with van der Waals surface area (Å²) in [7, 11) is 0. The first kappa shape index (κ1) is 8.74. The van der Waals surface area contributed by atoms with Crippen LogP contribution in [0.15, 0.2) is 0 Å². The van der Waals surface area contributed by atoms with Gasteiger partial charge in [-0.2, -0.15) is 0 Å². The molecule has 0 radical (unpaired) electrons. The Bertz CT molecular complexity index is 151. The highest BCUT2D eigenvalue weighted by Gasteiger charge is 2.23. The van der Waals surface area contributed by atoms with Crippen LogP contribution < -0.4 is 11.1 Å². The highest BCUT2D eigenvalue weighted by atomic mass is 32.1. The molecule has 1 saturated heterocycles. The molecule has 1 aliphatic rings. The first-order chi connectivity index (χ1) is 5.20. The average Bonchev–Trinajstić information content (AvgIpc) is 2.31. The van der Waals surface area contributed by atoms with E-state index in [1.54, 1.807) is 0 Å². The Morgan fingerprint density at radius 2 is 2.55 bits per heavy atom. The second kappa shape index (κ2) is 3.88. The van der Waals surface area contributed by atoms with E-state index in [2.05, 4.69) is 12.2 Å². The third-order valence-electron chi connectivity index (χ3n) is 2.07. The maximum atomic E-state index is 5.37. The standard InChI is InChI=1S/C7H14N2OS/c1-5-6(2-3-10-5)4-9-7(8)11/h5-6H,2-4H2,1H3,(H3,8,9,11). The number of hydrogen-bond donors (Lipinski definition) is 2. The molecule has 0 aromatic heterocycles. The van der Waals surface area contributed by atoms with Crippen LogP contribution in [0.3, 0.4) is 0 Å². The van der Waals surface area contributed by atoms with Gasteiger partial charge in [0.15, 0.2) is 5.11 Å². The summed E-state index contributed by atoms with van der Waals surface area (Å²) in [5.74, 6) is 0.566. The van der Waals surface area contributed by atoms with E-state index >= 15 is 0 Å². The van der Waals surface area contributed by atoms with Crippen LogP contribution in [0.5, 0.6) is 0 Å². The summed E-state index contributed by atoms with van der Waals surface area (Å²) in [6.07, 6.45) is 1.45. The Hall–Kier alpha value is -0.350. The molecule has 0 amide bonds. The molecule has 1 rings (SSSR count). The molecule has 64 valence electrons. The van der Waals surface area contributed by atoms with Crippen LogP contribution in [0.4, 0.5) is 0 Å². The minimum atomic E-state index is 0.344. The molecule has 1 fully saturated rings. The summed E-state index contributed by atoms with van der Waals surface area (Å²) < 4.78 is 5.37. The van der Waals surface area contributed by atoms with E-state index in [0.717, 1.165) is 19.6 Å². The predicted octanol–water partition coefficient (Wildman–Crippen LogP) is 0.245. The molecule has 3 nitrogen and oxygen atoms in total. The predicted molar refractivity (Wildman–Crippen MR) is 48.3 cm³/mol. The van der Waals surface area contributed by atoms with E-state index in [1.165, 1.54) is 0 Å². The van der Waals surface area contributed by atoms with Gasteiger partial charge >= 0.3 is 0 Å². The second-order valence-electron chi connectivity index (χ2n) is 2.87. The van der Waals surface area contributed by atoms with Gasteiger partial charge in [-0.25, -0.2) is 0 Å². The number of hydrogen-bond acceptors (Lipinski definition) is 2. The minimum Gasteiger partial charge on any atom is -0.378 e. The van der Waals surface area contributed by atoms with Crippen molar-refractivity contribution >= 4 is 17.3 Å². The molecule has 0 saturated carbocycles. The summed E-state index contributed by atoms with van der Waals surface area (Å²) in [5, 5.41) is 3.33. The van der Waals surface area contributed by atoms with Crippen LogP contribution in [-0.2, 0) is 4.74 Å². The van der Waals surface area contributed by atoms with Crippen LogP contribution in [0.25, 0.3) is 0 Å². The Morgan fingerprint density at radius 1 is 1.82 bits per heavy atom. The fourth-order valence-corrected chi connectivity index (χ4v) is 1.36. The molecular weight excluding hydrogens is 160 g/mol. The zero-order valence-corrected chi connectivity index (χ0v) is 7.49. The lowest BCUT2D eigenvalue weighted by Gasteiger charge is -2.14. The van der Waals surface area contributed by atoms with Gasteiger partial charge in [0.05, 0.1) is 6.10 Å². The molecule has 11 heavy (non-hydrogen) atoms. The number of thiocarbonyl (C=S) groups is 1. The Balaban J connectivity index is 2.20. The fourth-order valence-electron chi connectivity index (χ4n) is 1.28. The Labute approximate surface area is 72.3 Å². The SMILES string of the molecule is CC1OCCC1CNC(N)=S. The summed E-state index contributed by atoms with van der Waals surface area (Å²) in [6.45, 7) is 3.79. The number of nitrogens with one attached hydrogen (secondary N) is 1. The zero-order chi connectivity index (χ0) is 8.27. The van der Waals surface area contributed by atoms with Crippen molar-refractivity contribution in [3.05, 3.63) is 0 Å². The first-order valence-electron chi connectivity index (χ1n) is 3.85. The van der Waals surface area contributed by atoms with Crippen molar-refractivity contribution in [1.29, 1.82) is 0 Å². The molecule has 3 N–H and O–H groups in total.